The van der Waals surface area contributed by atoms with Crippen molar-refractivity contribution >= 4 is 5.91 Å². The predicted octanol–water partition coefficient (Wildman–Crippen LogP) is 2.41. The van der Waals surface area contributed by atoms with Crippen LogP contribution in [0.3, 0.4) is 0 Å². The predicted molar refractivity (Wildman–Crippen MR) is 97.4 cm³/mol. The molecule has 0 saturated heterocycles. The summed E-state index contributed by atoms with van der Waals surface area (Å²) in [6.07, 6.45) is 2.14. The number of hydrogen-bond acceptors (Lipinski definition) is 4. The molecule has 3 rings (SSSR count). The molecular weight excluding hydrogens is 316 g/mol. The lowest BCUT2D eigenvalue weighted by Gasteiger charge is -2.20. The maximum absolute atomic E-state index is 12.3. The number of carbonyl (C=O) groups excluding carboxylic acids is 1. The average Bonchev–Trinajstić information content (AvgIpc) is 2.67. The van der Waals surface area contributed by atoms with Gasteiger partial charge < -0.3 is 20.1 Å². The second-order valence-electron chi connectivity index (χ2n) is 5.92. The van der Waals surface area contributed by atoms with Crippen LogP contribution in [0.25, 0.3) is 0 Å². The van der Waals surface area contributed by atoms with Crippen LogP contribution in [0.5, 0.6) is 11.5 Å². The fourth-order valence-corrected chi connectivity index (χ4v) is 2.80. The van der Waals surface area contributed by atoms with Crippen LogP contribution >= 0.6 is 0 Å². The van der Waals surface area contributed by atoms with Gasteiger partial charge in [0.1, 0.15) is 13.2 Å². The maximum atomic E-state index is 12.3. The molecule has 132 valence electrons. The highest BCUT2D eigenvalue weighted by atomic mass is 16.6. The number of aryl methyl sites for hydroxylation is 1. The molecule has 0 aliphatic carbocycles. The Bertz CT molecular complexity index is 689. The van der Waals surface area contributed by atoms with Crippen molar-refractivity contribution in [1.82, 2.24) is 10.6 Å². The van der Waals surface area contributed by atoms with E-state index in [-0.39, 0.29) is 5.91 Å². The molecular formula is C20H24N2O3. The smallest absolute Gasteiger partial charge is 0.255 e. The van der Waals surface area contributed by atoms with E-state index >= 15 is 0 Å². The number of hydrogen-bond donors (Lipinski definition) is 2. The quantitative estimate of drug-likeness (QED) is 0.725. The van der Waals surface area contributed by atoms with Crippen molar-refractivity contribution < 1.29 is 14.3 Å². The van der Waals surface area contributed by atoms with Crippen LogP contribution in [0.1, 0.15) is 22.3 Å². The first-order valence-corrected chi connectivity index (χ1v) is 8.76. The number of nitrogens with one attached hydrogen (secondary N) is 2. The average molecular weight is 340 g/mol. The topological polar surface area (TPSA) is 59.6 Å². The van der Waals surface area contributed by atoms with Gasteiger partial charge in [-0.25, -0.2) is 0 Å². The van der Waals surface area contributed by atoms with Gasteiger partial charge in [0, 0.05) is 13.1 Å². The van der Waals surface area contributed by atoms with Crippen LogP contribution in [0, 0.1) is 0 Å². The summed E-state index contributed by atoms with van der Waals surface area (Å²) in [4.78, 5) is 12.3. The lowest BCUT2D eigenvalue weighted by molar-refractivity contribution is 0.0943. The summed E-state index contributed by atoms with van der Waals surface area (Å²) in [6.45, 7) is 3.25. The first kappa shape index (κ1) is 17.3. The molecule has 5 heteroatoms. The van der Waals surface area contributed by atoms with Crippen LogP contribution < -0.4 is 20.1 Å². The van der Waals surface area contributed by atoms with E-state index in [0.29, 0.717) is 36.8 Å². The van der Waals surface area contributed by atoms with Crippen molar-refractivity contribution in [3.8, 4) is 11.5 Å². The zero-order valence-corrected chi connectivity index (χ0v) is 14.3. The summed E-state index contributed by atoms with van der Waals surface area (Å²) in [5, 5.41) is 6.27. The number of ether oxygens (including phenoxy) is 2. The van der Waals surface area contributed by atoms with Gasteiger partial charge in [0.05, 0.1) is 5.56 Å². The second kappa shape index (κ2) is 9.08. The highest BCUT2D eigenvalue weighted by molar-refractivity contribution is 5.97. The first-order valence-electron chi connectivity index (χ1n) is 8.76. The fourth-order valence-electron chi connectivity index (χ4n) is 2.80. The fraction of sp³-hybridized carbons (Fsp3) is 0.350. The minimum atomic E-state index is -0.131. The second-order valence-corrected chi connectivity index (χ2v) is 5.92. The summed E-state index contributed by atoms with van der Waals surface area (Å²) in [5.41, 5.74) is 1.88. The molecule has 0 aromatic heterocycles. The number of benzene rings is 2. The summed E-state index contributed by atoms with van der Waals surface area (Å²) >= 11 is 0. The van der Waals surface area contributed by atoms with E-state index in [0.717, 1.165) is 25.9 Å². The van der Waals surface area contributed by atoms with Gasteiger partial charge in [0.2, 0.25) is 0 Å². The van der Waals surface area contributed by atoms with E-state index in [1.807, 2.05) is 18.2 Å². The number of rotatable bonds is 8. The van der Waals surface area contributed by atoms with Crippen LogP contribution in [0.15, 0.2) is 48.5 Å². The molecule has 0 saturated carbocycles. The van der Waals surface area contributed by atoms with Gasteiger partial charge in [0.25, 0.3) is 5.91 Å². The molecule has 5 nitrogen and oxygen atoms in total. The van der Waals surface area contributed by atoms with Gasteiger partial charge in [-0.05, 0) is 37.1 Å². The van der Waals surface area contributed by atoms with E-state index in [9.17, 15) is 4.79 Å². The summed E-state index contributed by atoms with van der Waals surface area (Å²) in [7, 11) is 0. The Balaban J connectivity index is 1.35. The third kappa shape index (κ3) is 4.97. The molecule has 2 N–H and O–H groups in total. The highest BCUT2D eigenvalue weighted by Gasteiger charge is 2.19. The molecule has 0 unspecified atom stereocenters. The van der Waals surface area contributed by atoms with E-state index in [4.69, 9.17) is 9.47 Å². The molecule has 1 aliphatic heterocycles. The summed E-state index contributed by atoms with van der Waals surface area (Å²) in [6, 6.07) is 15.8. The maximum Gasteiger partial charge on any atom is 0.255 e. The Morgan fingerprint density at radius 2 is 1.76 bits per heavy atom. The Kier molecular flexibility index (Phi) is 6.29. The van der Waals surface area contributed by atoms with Gasteiger partial charge in [-0.15, -0.1) is 0 Å². The summed E-state index contributed by atoms with van der Waals surface area (Å²) < 4.78 is 11.1. The number of para-hydroxylation sites is 1. The van der Waals surface area contributed by atoms with E-state index in [2.05, 4.69) is 34.9 Å². The van der Waals surface area contributed by atoms with Gasteiger partial charge in [-0.3, -0.25) is 4.79 Å². The molecule has 0 bridgehead atoms. The Morgan fingerprint density at radius 1 is 0.920 bits per heavy atom. The van der Waals surface area contributed by atoms with E-state index in [1.165, 1.54) is 5.56 Å². The number of carbonyl (C=O) groups is 1. The third-order valence-corrected chi connectivity index (χ3v) is 4.06. The van der Waals surface area contributed by atoms with Gasteiger partial charge in [0.15, 0.2) is 11.5 Å². The van der Waals surface area contributed by atoms with Gasteiger partial charge >= 0.3 is 0 Å². The monoisotopic (exact) mass is 340 g/mol. The Hall–Kier alpha value is -2.53. The molecule has 0 atom stereocenters. The molecule has 1 heterocycles. The summed E-state index contributed by atoms with van der Waals surface area (Å²) in [5.74, 6) is 1.05. The lowest BCUT2D eigenvalue weighted by atomic mass is 10.1. The normalized spacial score (nSPS) is 12.6. The van der Waals surface area contributed by atoms with Crippen LogP contribution in [0.2, 0.25) is 0 Å². The minimum absolute atomic E-state index is 0.131. The standard InChI is InChI=1S/C20H24N2O3/c23-20(17-9-4-10-18-19(17)25-15-14-24-18)22-13-12-21-11-5-8-16-6-2-1-3-7-16/h1-4,6-7,9-10,21H,5,8,11-15H2,(H,22,23). The number of amides is 1. The molecule has 2 aromatic rings. The molecule has 0 radical (unpaired) electrons. The van der Waals surface area contributed by atoms with Gasteiger partial charge in [-0.2, -0.15) is 0 Å². The van der Waals surface area contributed by atoms with Crippen LogP contribution in [-0.4, -0.2) is 38.8 Å². The third-order valence-electron chi connectivity index (χ3n) is 4.06. The van der Waals surface area contributed by atoms with Crippen LogP contribution in [0.4, 0.5) is 0 Å². The molecule has 0 fully saturated rings. The van der Waals surface area contributed by atoms with Crippen molar-refractivity contribution in [2.75, 3.05) is 32.8 Å². The Labute approximate surface area is 148 Å². The molecule has 25 heavy (non-hydrogen) atoms. The first-order chi connectivity index (χ1) is 12.3. The molecule has 1 aliphatic rings. The number of fused-ring (bicyclic) bond motifs is 1. The van der Waals surface area contributed by atoms with E-state index in [1.54, 1.807) is 6.07 Å². The zero-order valence-electron chi connectivity index (χ0n) is 14.3. The van der Waals surface area contributed by atoms with Crippen molar-refractivity contribution in [3.63, 3.8) is 0 Å². The minimum Gasteiger partial charge on any atom is -0.486 e. The van der Waals surface area contributed by atoms with Crippen LogP contribution in [-0.2, 0) is 6.42 Å². The highest BCUT2D eigenvalue weighted by Crippen LogP contribution is 2.33. The van der Waals surface area contributed by atoms with Gasteiger partial charge in [-0.1, -0.05) is 36.4 Å². The molecule has 2 aromatic carbocycles. The zero-order chi connectivity index (χ0) is 17.3. The van der Waals surface area contributed by atoms with Crippen molar-refractivity contribution in [2.45, 2.75) is 12.8 Å². The Morgan fingerprint density at radius 3 is 2.64 bits per heavy atom. The van der Waals surface area contributed by atoms with Crippen molar-refractivity contribution in [2.24, 2.45) is 0 Å². The SMILES string of the molecule is O=C(NCCNCCCc1ccccc1)c1cccc2c1OCCO2. The van der Waals surface area contributed by atoms with E-state index < -0.39 is 0 Å². The molecule has 1 amide bonds. The van der Waals surface area contributed by atoms with Crippen molar-refractivity contribution in [3.05, 3.63) is 59.7 Å². The molecule has 0 spiro atoms. The van der Waals surface area contributed by atoms with Crippen molar-refractivity contribution in [1.29, 1.82) is 0 Å². The lowest BCUT2D eigenvalue weighted by Crippen LogP contribution is -2.33. The largest absolute Gasteiger partial charge is 0.486 e.